The van der Waals surface area contributed by atoms with Crippen molar-refractivity contribution in [2.45, 2.75) is 18.8 Å². The van der Waals surface area contributed by atoms with Crippen LogP contribution in [0.5, 0.6) is 5.75 Å². The SMILES string of the molecule is COC(=O)C1=C(C(=O)OC)N(c2ccc(OCC3CCOCC3)c(F)c2)C(N)=C(C#N)C1c1ccccc1. The molecule has 9 nitrogen and oxygen atoms in total. The third-order valence-corrected chi connectivity index (χ3v) is 6.60. The summed E-state index contributed by atoms with van der Waals surface area (Å²) in [5.74, 6) is -3.34. The fraction of sp³-hybridized carbons (Fsp3) is 0.321. The van der Waals surface area contributed by atoms with Gasteiger partial charge in [0.25, 0.3) is 0 Å². The van der Waals surface area contributed by atoms with E-state index in [1.165, 1.54) is 12.1 Å². The van der Waals surface area contributed by atoms with Crippen LogP contribution < -0.4 is 15.4 Å². The van der Waals surface area contributed by atoms with Gasteiger partial charge in [-0.15, -0.1) is 0 Å². The number of allylic oxidation sites excluding steroid dienone is 1. The van der Waals surface area contributed by atoms with Crippen LogP contribution in [0.25, 0.3) is 0 Å². The van der Waals surface area contributed by atoms with Crippen LogP contribution in [0, 0.1) is 23.1 Å². The normalized spacial score (nSPS) is 18.2. The number of esters is 2. The monoisotopic (exact) mass is 521 g/mol. The summed E-state index contributed by atoms with van der Waals surface area (Å²) in [6.07, 6.45) is 1.66. The van der Waals surface area contributed by atoms with Crippen molar-refractivity contribution < 1.29 is 32.9 Å². The summed E-state index contributed by atoms with van der Waals surface area (Å²) in [6, 6.07) is 14.7. The van der Waals surface area contributed by atoms with E-state index in [9.17, 15) is 14.9 Å². The maximum absolute atomic E-state index is 15.2. The molecule has 0 aliphatic carbocycles. The molecule has 1 saturated heterocycles. The number of nitrogens with two attached hydrogens (primary N) is 1. The third-order valence-electron chi connectivity index (χ3n) is 6.60. The van der Waals surface area contributed by atoms with E-state index in [0.29, 0.717) is 25.4 Å². The number of hydrogen-bond acceptors (Lipinski definition) is 9. The van der Waals surface area contributed by atoms with Gasteiger partial charge in [0.2, 0.25) is 0 Å². The molecule has 0 aromatic heterocycles. The van der Waals surface area contributed by atoms with E-state index < -0.39 is 23.7 Å². The van der Waals surface area contributed by atoms with Gasteiger partial charge in [-0.25, -0.2) is 14.0 Å². The third kappa shape index (κ3) is 5.19. The first-order valence-corrected chi connectivity index (χ1v) is 12.1. The minimum absolute atomic E-state index is 0.00972. The van der Waals surface area contributed by atoms with Gasteiger partial charge in [-0.3, -0.25) is 4.90 Å². The smallest absolute Gasteiger partial charge is 0.355 e. The van der Waals surface area contributed by atoms with Crippen LogP contribution in [0.1, 0.15) is 24.3 Å². The van der Waals surface area contributed by atoms with Crippen molar-refractivity contribution in [1.82, 2.24) is 0 Å². The van der Waals surface area contributed by atoms with Crippen LogP contribution in [0.2, 0.25) is 0 Å². The summed E-state index contributed by atoms with van der Waals surface area (Å²) in [5.41, 5.74) is 6.64. The summed E-state index contributed by atoms with van der Waals surface area (Å²) < 4.78 is 36.3. The number of benzene rings is 2. The molecule has 0 radical (unpaired) electrons. The van der Waals surface area contributed by atoms with Gasteiger partial charge in [-0.2, -0.15) is 5.26 Å². The molecule has 0 amide bonds. The van der Waals surface area contributed by atoms with Gasteiger partial charge < -0.3 is 24.7 Å². The van der Waals surface area contributed by atoms with Gasteiger partial charge in [-0.1, -0.05) is 30.3 Å². The summed E-state index contributed by atoms with van der Waals surface area (Å²) in [4.78, 5) is 27.3. The second-order valence-electron chi connectivity index (χ2n) is 8.82. The number of carbonyl (C=O) groups is 2. The number of nitrogens with zero attached hydrogens (tertiary/aromatic N) is 2. The van der Waals surface area contributed by atoms with Gasteiger partial charge in [0.1, 0.15) is 11.5 Å². The van der Waals surface area contributed by atoms with Gasteiger partial charge in [0, 0.05) is 19.3 Å². The van der Waals surface area contributed by atoms with E-state index in [-0.39, 0.29) is 40.0 Å². The average Bonchev–Trinajstić information content (AvgIpc) is 2.96. The zero-order valence-corrected chi connectivity index (χ0v) is 21.1. The molecule has 0 bridgehead atoms. The highest BCUT2D eigenvalue weighted by atomic mass is 19.1. The minimum Gasteiger partial charge on any atom is -0.490 e. The highest BCUT2D eigenvalue weighted by Gasteiger charge is 2.43. The van der Waals surface area contributed by atoms with Crippen LogP contribution in [0.4, 0.5) is 10.1 Å². The summed E-state index contributed by atoms with van der Waals surface area (Å²) in [5, 5.41) is 10.1. The maximum atomic E-state index is 15.2. The molecule has 198 valence electrons. The highest BCUT2D eigenvalue weighted by molar-refractivity contribution is 6.06. The maximum Gasteiger partial charge on any atom is 0.355 e. The standard InChI is InChI=1S/C28H28FN3O6/c1-35-27(33)24-23(18-6-4-3-5-7-18)20(15-30)26(31)32(25(24)28(34)36-2)19-8-9-22(21(29)14-19)38-16-17-10-12-37-13-11-17/h3-9,14,17,23H,10-13,16,31H2,1-2H3. The van der Waals surface area contributed by atoms with Gasteiger partial charge in [-0.05, 0) is 36.5 Å². The van der Waals surface area contributed by atoms with Crippen molar-refractivity contribution in [3.05, 3.63) is 82.6 Å². The van der Waals surface area contributed by atoms with Gasteiger partial charge in [0.05, 0.1) is 49.6 Å². The summed E-state index contributed by atoms with van der Waals surface area (Å²) >= 11 is 0. The molecule has 1 atom stereocenters. The molecule has 2 N–H and O–H groups in total. The first-order valence-electron chi connectivity index (χ1n) is 12.1. The molecule has 0 saturated carbocycles. The number of carbonyl (C=O) groups excluding carboxylic acids is 2. The summed E-state index contributed by atoms with van der Waals surface area (Å²) in [7, 11) is 2.31. The summed E-state index contributed by atoms with van der Waals surface area (Å²) in [6.45, 7) is 1.63. The Hall–Kier alpha value is -4.36. The van der Waals surface area contributed by atoms with Crippen molar-refractivity contribution >= 4 is 17.6 Å². The largest absolute Gasteiger partial charge is 0.490 e. The quantitative estimate of drug-likeness (QED) is 0.545. The zero-order chi connectivity index (χ0) is 27.2. The lowest BCUT2D eigenvalue weighted by molar-refractivity contribution is -0.139. The van der Waals surface area contributed by atoms with Crippen molar-refractivity contribution in [3.63, 3.8) is 0 Å². The molecular formula is C28H28FN3O6. The van der Waals surface area contributed by atoms with Gasteiger partial charge in [0.15, 0.2) is 11.6 Å². The van der Waals surface area contributed by atoms with E-state index in [0.717, 1.165) is 38.0 Å². The lowest BCUT2D eigenvalue weighted by Gasteiger charge is -2.36. The molecule has 2 aliphatic heterocycles. The van der Waals surface area contributed by atoms with Crippen LogP contribution in [-0.4, -0.2) is 46.0 Å². The fourth-order valence-corrected chi connectivity index (χ4v) is 4.65. The number of ether oxygens (including phenoxy) is 4. The Morgan fingerprint density at radius 3 is 2.39 bits per heavy atom. The molecule has 2 heterocycles. The number of rotatable bonds is 7. The average molecular weight is 522 g/mol. The Balaban J connectivity index is 1.81. The van der Waals surface area contributed by atoms with Crippen molar-refractivity contribution in [1.29, 1.82) is 5.26 Å². The fourth-order valence-electron chi connectivity index (χ4n) is 4.65. The molecule has 4 rings (SSSR count). The predicted molar refractivity (Wildman–Crippen MR) is 135 cm³/mol. The number of nitriles is 1. The Kier molecular flexibility index (Phi) is 8.28. The number of methoxy groups -OCH3 is 2. The predicted octanol–water partition coefficient (Wildman–Crippen LogP) is 3.53. The molecule has 2 aliphatic rings. The molecule has 2 aromatic rings. The van der Waals surface area contributed by atoms with Crippen molar-refractivity contribution in [2.24, 2.45) is 11.7 Å². The van der Waals surface area contributed by atoms with E-state index in [1.807, 2.05) is 0 Å². The molecular weight excluding hydrogens is 493 g/mol. The molecule has 2 aromatic carbocycles. The zero-order valence-electron chi connectivity index (χ0n) is 21.1. The van der Waals surface area contributed by atoms with E-state index in [4.69, 9.17) is 24.7 Å². The topological polar surface area (TPSA) is 124 Å². The molecule has 0 spiro atoms. The van der Waals surface area contributed by atoms with Crippen LogP contribution in [-0.2, 0) is 23.8 Å². The van der Waals surface area contributed by atoms with E-state index in [1.54, 1.807) is 30.3 Å². The molecule has 10 heteroatoms. The lowest BCUT2D eigenvalue weighted by Crippen LogP contribution is -2.40. The van der Waals surface area contributed by atoms with E-state index in [2.05, 4.69) is 6.07 Å². The minimum atomic E-state index is -1.01. The second kappa shape index (κ2) is 11.8. The first kappa shape index (κ1) is 26.7. The highest BCUT2D eigenvalue weighted by Crippen LogP contribution is 2.43. The molecule has 1 unspecified atom stereocenters. The Labute approximate surface area is 219 Å². The van der Waals surface area contributed by atoms with E-state index >= 15 is 4.39 Å². The first-order chi connectivity index (χ1) is 18.4. The molecule has 38 heavy (non-hydrogen) atoms. The van der Waals surface area contributed by atoms with Crippen LogP contribution in [0.3, 0.4) is 0 Å². The lowest BCUT2D eigenvalue weighted by atomic mass is 9.81. The van der Waals surface area contributed by atoms with Crippen molar-refractivity contribution in [3.8, 4) is 11.8 Å². The Bertz CT molecular complexity index is 1310. The molecule has 1 fully saturated rings. The number of hydrogen-bond donors (Lipinski definition) is 1. The number of halogens is 1. The van der Waals surface area contributed by atoms with Crippen LogP contribution >= 0.6 is 0 Å². The van der Waals surface area contributed by atoms with Crippen molar-refractivity contribution in [2.75, 3.05) is 38.9 Å². The second-order valence-corrected chi connectivity index (χ2v) is 8.82. The van der Waals surface area contributed by atoms with Gasteiger partial charge >= 0.3 is 11.9 Å². The number of anilines is 1. The van der Waals surface area contributed by atoms with Crippen LogP contribution in [0.15, 0.2) is 71.2 Å². The Morgan fingerprint density at radius 1 is 1.11 bits per heavy atom. The Morgan fingerprint density at radius 2 is 1.79 bits per heavy atom.